The van der Waals surface area contributed by atoms with Crippen LogP contribution >= 0.6 is 31.9 Å². The Morgan fingerprint density at radius 2 is 1.53 bits per heavy atom. The van der Waals surface area contributed by atoms with Crippen molar-refractivity contribution in [1.29, 1.82) is 0 Å². The van der Waals surface area contributed by atoms with Gasteiger partial charge in [0.1, 0.15) is 30.8 Å². The van der Waals surface area contributed by atoms with Crippen molar-refractivity contribution >= 4 is 37.4 Å². The van der Waals surface area contributed by atoms with Crippen LogP contribution in [0.3, 0.4) is 0 Å². The summed E-state index contributed by atoms with van der Waals surface area (Å²) in [5, 5.41) is 0. The lowest BCUT2D eigenvalue weighted by Gasteiger charge is -2.12. The van der Waals surface area contributed by atoms with Gasteiger partial charge in [-0.15, -0.1) is 0 Å². The fourth-order valence-corrected chi connectivity index (χ4v) is 3.91. The molecule has 1 aliphatic heterocycles. The molecule has 32 heavy (non-hydrogen) atoms. The average molecular weight is 560 g/mol. The van der Waals surface area contributed by atoms with Gasteiger partial charge in [-0.1, -0.05) is 56.1 Å². The summed E-state index contributed by atoms with van der Waals surface area (Å²) in [4.78, 5) is 0. The Bertz CT molecular complexity index is 1030. The maximum absolute atomic E-state index is 6.04. The summed E-state index contributed by atoms with van der Waals surface area (Å²) in [6, 6.07) is 22.5. The smallest absolute Gasteiger partial charge is 0.187 e. The zero-order chi connectivity index (χ0) is 22.5. The fraction of sp³-hybridized carbons (Fsp3) is 0.231. The fourth-order valence-electron chi connectivity index (χ4n) is 3.38. The number of rotatable bonds is 9. The highest BCUT2D eigenvalue weighted by atomic mass is 79.9. The van der Waals surface area contributed by atoms with Crippen LogP contribution in [0.4, 0.5) is 0 Å². The molecule has 3 aromatic rings. The topological polar surface area (TPSA) is 40.2 Å². The third-order valence-electron chi connectivity index (χ3n) is 5.17. The normalized spacial score (nSPS) is 17.0. The quantitative estimate of drug-likeness (QED) is 0.271. The summed E-state index contributed by atoms with van der Waals surface area (Å²) in [5.41, 5.74) is 4.41. The van der Waals surface area contributed by atoms with Crippen LogP contribution < -0.4 is 9.47 Å². The van der Waals surface area contributed by atoms with Crippen molar-refractivity contribution in [2.75, 3.05) is 20.3 Å². The van der Waals surface area contributed by atoms with Crippen molar-refractivity contribution in [3.8, 4) is 11.5 Å². The largest absolute Gasteiger partial charge is 0.490 e. The van der Waals surface area contributed by atoms with Crippen molar-refractivity contribution in [2.24, 2.45) is 0 Å². The van der Waals surface area contributed by atoms with Crippen molar-refractivity contribution in [3.05, 3.63) is 98.4 Å². The molecule has 0 aromatic heterocycles. The molecule has 0 aliphatic carbocycles. The van der Waals surface area contributed by atoms with Gasteiger partial charge in [-0.05, 0) is 77.7 Å². The van der Waals surface area contributed by atoms with Gasteiger partial charge < -0.3 is 18.9 Å². The number of methoxy groups -OCH3 is 1. The molecular weight excluding hydrogens is 536 g/mol. The highest BCUT2D eigenvalue weighted by molar-refractivity contribution is 9.10. The number of hydrogen-bond acceptors (Lipinski definition) is 4. The highest BCUT2D eigenvalue weighted by Gasteiger charge is 2.39. The standard InChI is InChI=1S/C26H24Br2O4/c1-17-15-22(11-12-24(17)31-16-25-26(29-2)32-25)30-14-13-23(18-3-7-20(27)8-4-18)19-5-9-21(28)10-6-19/h3-13,15,25-26H,14,16H2,1-2H3. The first-order valence-corrected chi connectivity index (χ1v) is 11.9. The number of aryl methyl sites for hydroxylation is 1. The van der Waals surface area contributed by atoms with Crippen LogP contribution in [0, 0.1) is 6.92 Å². The Hall–Kier alpha value is -2.12. The van der Waals surface area contributed by atoms with E-state index in [0.717, 1.165) is 42.7 Å². The Balaban J connectivity index is 1.44. The van der Waals surface area contributed by atoms with Gasteiger partial charge in [0.15, 0.2) is 6.29 Å². The molecule has 0 bridgehead atoms. The van der Waals surface area contributed by atoms with Crippen molar-refractivity contribution in [2.45, 2.75) is 19.3 Å². The van der Waals surface area contributed by atoms with Crippen LogP contribution in [0.5, 0.6) is 11.5 Å². The minimum atomic E-state index is -0.143. The van der Waals surface area contributed by atoms with Gasteiger partial charge in [0, 0.05) is 16.1 Å². The van der Waals surface area contributed by atoms with Gasteiger partial charge in [-0.3, -0.25) is 0 Å². The second kappa shape index (κ2) is 10.7. The maximum Gasteiger partial charge on any atom is 0.187 e. The van der Waals surface area contributed by atoms with Gasteiger partial charge in [-0.25, -0.2) is 0 Å². The van der Waals surface area contributed by atoms with Gasteiger partial charge in [0.05, 0.1) is 0 Å². The van der Waals surface area contributed by atoms with Gasteiger partial charge >= 0.3 is 0 Å². The van der Waals surface area contributed by atoms with Crippen LogP contribution in [0.15, 0.2) is 81.8 Å². The molecule has 0 amide bonds. The summed E-state index contributed by atoms with van der Waals surface area (Å²) >= 11 is 7.02. The molecule has 3 aromatic carbocycles. The number of benzene rings is 3. The molecule has 2 unspecified atom stereocenters. The van der Waals surface area contributed by atoms with Crippen LogP contribution in [0.2, 0.25) is 0 Å². The van der Waals surface area contributed by atoms with E-state index in [-0.39, 0.29) is 12.4 Å². The number of ether oxygens (including phenoxy) is 4. The first kappa shape index (κ1) is 23.1. The Kier molecular flexibility index (Phi) is 7.68. The first-order chi connectivity index (χ1) is 15.5. The number of epoxide rings is 1. The number of halogens is 2. The summed E-state index contributed by atoms with van der Waals surface area (Å²) in [6.07, 6.45) is 1.98. The van der Waals surface area contributed by atoms with E-state index in [2.05, 4.69) is 62.2 Å². The predicted octanol–water partition coefficient (Wildman–Crippen LogP) is 6.78. The van der Waals surface area contributed by atoms with Gasteiger partial charge in [0.25, 0.3) is 0 Å². The van der Waals surface area contributed by atoms with E-state index in [4.69, 9.17) is 18.9 Å². The van der Waals surface area contributed by atoms with Crippen molar-refractivity contribution in [1.82, 2.24) is 0 Å². The Morgan fingerprint density at radius 3 is 2.06 bits per heavy atom. The molecule has 1 fully saturated rings. The summed E-state index contributed by atoms with van der Waals surface area (Å²) in [5.74, 6) is 1.62. The number of hydrogen-bond donors (Lipinski definition) is 0. The molecule has 166 valence electrons. The Labute approximate surface area is 205 Å². The molecule has 0 radical (unpaired) electrons. The molecule has 6 heteroatoms. The zero-order valence-corrected chi connectivity index (χ0v) is 21.1. The van der Waals surface area contributed by atoms with E-state index < -0.39 is 0 Å². The van der Waals surface area contributed by atoms with E-state index >= 15 is 0 Å². The highest BCUT2D eigenvalue weighted by Crippen LogP contribution is 2.29. The van der Waals surface area contributed by atoms with Crippen LogP contribution in [-0.4, -0.2) is 32.7 Å². The lowest BCUT2D eigenvalue weighted by Crippen LogP contribution is -2.09. The molecule has 1 saturated heterocycles. The summed E-state index contributed by atoms with van der Waals surface area (Å²) < 4.78 is 24.4. The minimum Gasteiger partial charge on any atom is -0.490 e. The summed E-state index contributed by atoms with van der Waals surface area (Å²) in [6.45, 7) is 2.94. The molecule has 0 spiro atoms. The molecule has 4 nitrogen and oxygen atoms in total. The molecule has 4 rings (SSSR count). The second-order valence-electron chi connectivity index (χ2n) is 7.46. The molecule has 0 N–H and O–H groups in total. The first-order valence-electron chi connectivity index (χ1n) is 10.3. The molecular formula is C26H24Br2O4. The van der Waals surface area contributed by atoms with Crippen LogP contribution in [0.1, 0.15) is 16.7 Å². The molecule has 1 aliphatic rings. The monoisotopic (exact) mass is 558 g/mol. The zero-order valence-electron chi connectivity index (χ0n) is 17.9. The predicted molar refractivity (Wildman–Crippen MR) is 133 cm³/mol. The summed E-state index contributed by atoms with van der Waals surface area (Å²) in [7, 11) is 1.63. The van der Waals surface area contributed by atoms with Gasteiger partial charge in [-0.2, -0.15) is 0 Å². The van der Waals surface area contributed by atoms with Crippen molar-refractivity contribution < 1.29 is 18.9 Å². The van der Waals surface area contributed by atoms with Crippen LogP contribution in [0.25, 0.3) is 5.57 Å². The second-order valence-corrected chi connectivity index (χ2v) is 9.29. The van der Waals surface area contributed by atoms with E-state index in [1.165, 1.54) is 0 Å². The van der Waals surface area contributed by atoms with E-state index in [1.807, 2.05) is 49.4 Å². The lowest BCUT2D eigenvalue weighted by atomic mass is 9.98. The third kappa shape index (κ3) is 6.01. The molecule has 0 saturated carbocycles. The average Bonchev–Trinajstić information content (AvgIpc) is 3.56. The van der Waals surface area contributed by atoms with Crippen LogP contribution in [-0.2, 0) is 9.47 Å². The molecule has 1 heterocycles. The Morgan fingerprint density at radius 1 is 0.906 bits per heavy atom. The van der Waals surface area contributed by atoms with E-state index in [0.29, 0.717) is 13.2 Å². The van der Waals surface area contributed by atoms with E-state index in [1.54, 1.807) is 7.11 Å². The lowest BCUT2D eigenvalue weighted by molar-refractivity contribution is 0.0950. The van der Waals surface area contributed by atoms with E-state index in [9.17, 15) is 0 Å². The third-order valence-corrected chi connectivity index (χ3v) is 6.22. The maximum atomic E-state index is 6.04. The minimum absolute atomic E-state index is 0.0103. The van der Waals surface area contributed by atoms with Crippen molar-refractivity contribution in [3.63, 3.8) is 0 Å². The SMILES string of the molecule is COC1OC1COc1ccc(OCC=C(c2ccc(Br)cc2)c2ccc(Br)cc2)cc1C. The van der Waals surface area contributed by atoms with Gasteiger partial charge in [0.2, 0.25) is 0 Å². The molecule has 2 atom stereocenters.